The average Bonchev–Trinajstić information content (AvgIpc) is 3.11. The van der Waals surface area contributed by atoms with Crippen LogP contribution in [-0.2, 0) is 0 Å². The van der Waals surface area contributed by atoms with Crippen molar-refractivity contribution in [3.63, 3.8) is 0 Å². The highest BCUT2D eigenvalue weighted by molar-refractivity contribution is 5.94. The van der Waals surface area contributed by atoms with Crippen LogP contribution in [0.4, 0.5) is 0 Å². The van der Waals surface area contributed by atoms with Crippen LogP contribution in [0.1, 0.15) is 40.1 Å². The molecule has 2 aromatic rings. The number of carbonyl (C=O) groups is 2. The molecule has 7 heteroatoms. The van der Waals surface area contributed by atoms with Gasteiger partial charge in [-0.05, 0) is 43.5 Å². The third kappa shape index (κ3) is 3.87. The third-order valence-corrected chi connectivity index (χ3v) is 4.90. The number of nitrogens with zero attached hydrogens (tertiary/aromatic N) is 3. The summed E-state index contributed by atoms with van der Waals surface area (Å²) in [5.74, 6) is 0.605. The van der Waals surface area contributed by atoms with Crippen LogP contribution >= 0.6 is 0 Å². The van der Waals surface area contributed by atoms with Crippen LogP contribution in [0, 0.1) is 0 Å². The second-order valence-corrected chi connectivity index (χ2v) is 6.50. The van der Waals surface area contributed by atoms with Crippen LogP contribution in [0.25, 0.3) is 0 Å². The van der Waals surface area contributed by atoms with Gasteiger partial charge in [0.1, 0.15) is 11.4 Å². The Balaban J connectivity index is 1.64. The predicted molar refractivity (Wildman–Crippen MR) is 97.2 cm³/mol. The van der Waals surface area contributed by atoms with Gasteiger partial charge in [0.2, 0.25) is 0 Å². The van der Waals surface area contributed by atoms with E-state index in [1.165, 1.54) is 0 Å². The van der Waals surface area contributed by atoms with E-state index in [0.29, 0.717) is 30.1 Å². The highest BCUT2D eigenvalue weighted by atomic mass is 16.5. The molecule has 1 N–H and O–H groups in total. The number of likely N-dealkylation sites (tertiary alicyclic amines) is 1. The van der Waals surface area contributed by atoms with E-state index in [9.17, 15) is 9.59 Å². The topological polar surface area (TPSA) is 78.5 Å². The summed E-state index contributed by atoms with van der Waals surface area (Å²) < 4.78 is 5.20. The highest BCUT2D eigenvalue weighted by Crippen LogP contribution is 2.20. The first-order valence-electron chi connectivity index (χ1n) is 8.80. The maximum absolute atomic E-state index is 12.8. The van der Waals surface area contributed by atoms with Gasteiger partial charge in [0.25, 0.3) is 11.8 Å². The molecule has 2 amide bonds. The lowest BCUT2D eigenvalue weighted by molar-refractivity contribution is 0.0708. The normalized spacial score (nSPS) is 17.5. The van der Waals surface area contributed by atoms with Crippen LogP contribution in [-0.4, -0.2) is 65.1 Å². The molecule has 2 heterocycles. The molecule has 138 valence electrons. The van der Waals surface area contributed by atoms with Gasteiger partial charge in [-0.15, -0.1) is 0 Å². The number of hydrogen-bond donors (Lipinski definition) is 1. The molecule has 0 aliphatic carbocycles. The number of nitrogens with one attached hydrogen (secondary N) is 1. The van der Waals surface area contributed by atoms with E-state index < -0.39 is 0 Å². The Kier molecular flexibility index (Phi) is 5.55. The van der Waals surface area contributed by atoms with Crippen molar-refractivity contribution in [2.45, 2.75) is 25.3 Å². The maximum Gasteiger partial charge on any atom is 0.271 e. The standard InChI is InChI=1S/C19H24N4O3/c1-22(18(24)14-5-3-7-16(13-14)26-2)15-6-4-11-23(12-9-15)19(25)17-8-10-20-21-17/h3,5,7-8,10,13,15H,4,6,9,11-12H2,1-2H3,(H,20,21). The molecule has 1 unspecified atom stereocenters. The Labute approximate surface area is 152 Å². The number of aromatic nitrogens is 2. The molecule has 0 bridgehead atoms. The molecule has 0 saturated carbocycles. The van der Waals surface area contributed by atoms with Gasteiger partial charge in [0.05, 0.1) is 7.11 Å². The molecule has 7 nitrogen and oxygen atoms in total. The summed E-state index contributed by atoms with van der Waals surface area (Å²) in [6.07, 6.45) is 4.07. The van der Waals surface area contributed by atoms with Crippen molar-refractivity contribution in [2.24, 2.45) is 0 Å². The fraction of sp³-hybridized carbons (Fsp3) is 0.421. The van der Waals surface area contributed by atoms with E-state index in [4.69, 9.17) is 4.74 Å². The first-order valence-corrected chi connectivity index (χ1v) is 8.80. The van der Waals surface area contributed by atoms with Gasteiger partial charge in [0, 0.05) is 37.9 Å². The Morgan fingerprint density at radius 2 is 2.12 bits per heavy atom. The van der Waals surface area contributed by atoms with Crippen molar-refractivity contribution in [3.8, 4) is 5.75 Å². The van der Waals surface area contributed by atoms with E-state index in [1.807, 2.05) is 24.1 Å². The molecular formula is C19H24N4O3. The molecular weight excluding hydrogens is 332 g/mol. The molecule has 3 rings (SSSR count). The zero-order valence-corrected chi connectivity index (χ0v) is 15.1. The molecule has 1 aromatic carbocycles. The largest absolute Gasteiger partial charge is 0.497 e. The van der Waals surface area contributed by atoms with Crippen molar-refractivity contribution in [3.05, 3.63) is 47.8 Å². The number of H-pyrrole nitrogens is 1. The van der Waals surface area contributed by atoms with Crippen LogP contribution < -0.4 is 4.74 Å². The van der Waals surface area contributed by atoms with Crippen LogP contribution in [0.5, 0.6) is 5.75 Å². The zero-order valence-electron chi connectivity index (χ0n) is 15.1. The maximum atomic E-state index is 12.8. The van der Waals surface area contributed by atoms with Gasteiger partial charge in [-0.3, -0.25) is 14.7 Å². The summed E-state index contributed by atoms with van der Waals surface area (Å²) >= 11 is 0. The molecule has 1 aliphatic heterocycles. The quantitative estimate of drug-likeness (QED) is 0.911. The van der Waals surface area contributed by atoms with Crippen LogP contribution in [0.2, 0.25) is 0 Å². The lowest BCUT2D eigenvalue weighted by Crippen LogP contribution is -2.38. The van der Waals surface area contributed by atoms with E-state index in [1.54, 1.807) is 36.4 Å². The minimum Gasteiger partial charge on any atom is -0.497 e. The van der Waals surface area contributed by atoms with Gasteiger partial charge >= 0.3 is 0 Å². The zero-order chi connectivity index (χ0) is 18.5. The van der Waals surface area contributed by atoms with Gasteiger partial charge in [-0.2, -0.15) is 5.10 Å². The summed E-state index contributed by atoms with van der Waals surface area (Å²) in [5, 5.41) is 6.56. The van der Waals surface area contributed by atoms with Crippen molar-refractivity contribution in [1.82, 2.24) is 20.0 Å². The van der Waals surface area contributed by atoms with Crippen molar-refractivity contribution < 1.29 is 14.3 Å². The molecule has 0 radical (unpaired) electrons. The van der Waals surface area contributed by atoms with Gasteiger partial charge in [-0.25, -0.2) is 0 Å². The minimum absolute atomic E-state index is 0.0257. The average molecular weight is 356 g/mol. The van der Waals surface area contributed by atoms with E-state index in [0.717, 1.165) is 19.3 Å². The Hall–Kier alpha value is -2.83. The highest BCUT2D eigenvalue weighted by Gasteiger charge is 2.27. The molecule has 1 aromatic heterocycles. The lowest BCUT2D eigenvalue weighted by atomic mass is 10.1. The lowest BCUT2D eigenvalue weighted by Gasteiger charge is -2.27. The number of benzene rings is 1. The summed E-state index contributed by atoms with van der Waals surface area (Å²) in [5.41, 5.74) is 1.12. The molecule has 1 fully saturated rings. The number of carbonyl (C=O) groups excluding carboxylic acids is 2. The molecule has 0 spiro atoms. The number of amides is 2. The van der Waals surface area contributed by atoms with E-state index in [-0.39, 0.29) is 17.9 Å². The van der Waals surface area contributed by atoms with E-state index in [2.05, 4.69) is 10.2 Å². The smallest absolute Gasteiger partial charge is 0.271 e. The second-order valence-electron chi connectivity index (χ2n) is 6.50. The first-order chi connectivity index (χ1) is 12.6. The Bertz CT molecular complexity index is 760. The van der Waals surface area contributed by atoms with Crippen molar-refractivity contribution in [1.29, 1.82) is 0 Å². The number of methoxy groups -OCH3 is 1. The first kappa shape index (κ1) is 18.0. The van der Waals surface area contributed by atoms with Crippen LogP contribution in [0.15, 0.2) is 36.5 Å². The summed E-state index contributed by atoms with van der Waals surface area (Å²) in [6.45, 7) is 1.31. The number of aromatic amines is 1. The molecule has 1 aliphatic rings. The second kappa shape index (κ2) is 8.03. The van der Waals surface area contributed by atoms with Crippen molar-refractivity contribution >= 4 is 11.8 Å². The number of hydrogen-bond acceptors (Lipinski definition) is 4. The summed E-state index contributed by atoms with van der Waals surface area (Å²) in [4.78, 5) is 28.9. The van der Waals surface area contributed by atoms with Crippen LogP contribution in [0.3, 0.4) is 0 Å². The van der Waals surface area contributed by atoms with Gasteiger partial charge < -0.3 is 14.5 Å². The monoisotopic (exact) mass is 356 g/mol. The Morgan fingerprint density at radius 1 is 1.27 bits per heavy atom. The minimum atomic E-state index is -0.0371. The van der Waals surface area contributed by atoms with Gasteiger partial charge in [-0.1, -0.05) is 6.07 Å². The third-order valence-electron chi connectivity index (χ3n) is 4.90. The molecule has 26 heavy (non-hydrogen) atoms. The fourth-order valence-corrected chi connectivity index (χ4v) is 3.34. The predicted octanol–water partition coefficient (Wildman–Crippen LogP) is 2.19. The number of rotatable bonds is 4. The molecule has 1 saturated heterocycles. The van der Waals surface area contributed by atoms with E-state index >= 15 is 0 Å². The SMILES string of the molecule is COc1cccc(C(=O)N(C)C2CCCN(C(=O)c3ccn[nH]3)CC2)c1. The summed E-state index contributed by atoms with van der Waals surface area (Å²) in [6, 6.07) is 8.98. The molecule has 1 atom stereocenters. The summed E-state index contributed by atoms with van der Waals surface area (Å²) in [7, 11) is 3.42. The van der Waals surface area contributed by atoms with Crippen molar-refractivity contribution in [2.75, 3.05) is 27.2 Å². The number of ether oxygens (including phenoxy) is 1. The Morgan fingerprint density at radius 3 is 2.85 bits per heavy atom. The van der Waals surface area contributed by atoms with Gasteiger partial charge in [0.15, 0.2) is 0 Å². The fourth-order valence-electron chi connectivity index (χ4n) is 3.34.